The minimum absolute atomic E-state index is 0.562. The van der Waals surface area contributed by atoms with Crippen molar-refractivity contribution in [3.8, 4) is 11.5 Å². The van der Waals surface area contributed by atoms with E-state index in [1.165, 1.54) is 51.4 Å². The van der Waals surface area contributed by atoms with Crippen LogP contribution in [0.1, 0.15) is 108 Å². The molecule has 0 aliphatic heterocycles. The first-order valence-electron chi connectivity index (χ1n) is 14.1. The Balaban J connectivity index is 1.75. The second-order valence-electron chi connectivity index (χ2n) is 9.52. The maximum Gasteiger partial charge on any atom is 0.119 e. The number of unbranched alkanes of at least 4 members (excludes halogenated alkanes) is 8. The summed E-state index contributed by atoms with van der Waals surface area (Å²) in [6.45, 7) is 5.87. The van der Waals surface area contributed by atoms with Crippen LogP contribution in [-0.4, -0.2) is 35.1 Å². The van der Waals surface area contributed by atoms with Gasteiger partial charge in [0, 0.05) is 0 Å². The van der Waals surface area contributed by atoms with Crippen molar-refractivity contribution in [1.29, 1.82) is 0 Å². The Morgan fingerprint density at radius 3 is 1.27 bits per heavy atom. The molecule has 2 N–H and O–H groups in total. The summed E-state index contributed by atoms with van der Waals surface area (Å²) < 4.78 is 11.7. The molecule has 0 radical (unpaired) electrons. The molecular formula is C31H46N2O4. The zero-order valence-electron chi connectivity index (χ0n) is 22.8. The molecule has 0 fully saturated rings. The average Bonchev–Trinajstić information content (AvgIpc) is 2.94. The molecule has 204 valence electrons. The van der Waals surface area contributed by atoms with E-state index in [2.05, 4.69) is 24.2 Å². The maximum absolute atomic E-state index is 9.56. The minimum atomic E-state index is 0.562. The van der Waals surface area contributed by atoms with Gasteiger partial charge in [0.1, 0.15) is 11.5 Å². The van der Waals surface area contributed by atoms with E-state index in [0.29, 0.717) is 30.7 Å². The van der Waals surface area contributed by atoms with E-state index in [9.17, 15) is 10.4 Å². The van der Waals surface area contributed by atoms with Crippen LogP contribution in [0.5, 0.6) is 11.5 Å². The maximum atomic E-state index is 9.56. The molecule has 0 amide bonds. The highest BCUT2D eigenvalue weighted by Crippen LogP contribution is 2.19. The van der Waals surface area contributed by atoms with Crippen molar-refractivity contribution < 1.29 is 19.9 Å². The quantitative estimate of drug-likeness (QED) is 0.0808. The third kappa shape index (κ3) is 12.2. The standard InChI is InChI=1S/C31H46N2O4/c1-3-5-7-9-11-24-36-28-20-16-26(17-21-28)30(32-34)14-13-15-31(33-35)27-18-22-29(23-19-27)37-25-12-10-8-6-4-2/h16-23,34-35H,3-15,24-25H2,1-2H3/b32-30+,33-31+. The number of rotatable bonds is 20. The normalized spacial score (nSPS) is 12.1. The van der Waals surface area contributed by atoms with Gasteiger partial charge in [-0.1, -0.05) is 75.5 Å². The lowest BCUT2D eigenvalue weighted by atomic mass is 10.0. The molecule has 0 spiro atoms. The fourth-order valence-electron chi connectivity index (χ4n) is 4.21. The van der Waals surface area contributed by atoms with Crippen LogP contribution < -0.4 is 9.47 Å². The van der Waals surface area contributed by atoms with Gasteiger partial charge in [0.05, 0.1) is 24.6 Å². The highest BCUT2D eigenvalue weighted by atomic mass is 16.5. The minimum Gasteiger partial charge on any atom is -0.494 e. The summed E-state index contributed by atoms with van der Waals surface area (Å²) in [5.74, 6) is 1.66. The van der Waals surface area contributed by atoms with Crippen LogP contribution in [0.3, 0.4) is 0 Å². The summed E-state index contributed by atoms with van der Waals surface area (Å²) >= 11 is 0. The van der Waals surface area contributed by atoms with Gasteiger partial charge in [-0.15, -0.1) is 0 Å². The highest BCUT2D eigenvalue weighted by molar-refractivity contribution is 6.02. The number of oxime groups is 2. The van der Waals surface area contributed by atoms with E-state index in [1.54, 1.807) is 0 Å². The number of hydrogen-bond donors (Lipinski definition) is 2. The Labute approximate surface area is 223 Å². The van der Waals surface area contributed by atoms with E-state index in [0.717, 1.165) is 48.7 Å². The second kappa shape index (κ2) is 19.1. The van der Waals surface area contributed by atoms with Crippen LogP contribution in [0.25, 0.3) is 0 Å². The van der Waals surface area contributed by atoms with Gasteiger partial charge in [0.2, 0.25) is 0 Å². The summed E-state index contributed by atoms with van der Waals surface area (Å²) in [4.78, 5) is 0. The Kier molecular flexibility index (Phi) is 15.6. The van der Waals surface area contributed by atoms with Crippen LogP contribution >= 0.6 is 0 Å². The molecule has 2 aromatic carbocycles. The molecule has 0 heterocycles. The number of hydrogen-bond acceptors (Lipinski definition) is 6. The first kappa shape index (κ1) is 30.2. The molecular weight excluding hydrogens is 464 g/mol. The van der Waals surface area contributed by atoms with E-state index < -0.39 is 0 Å². The SMILES string of the molecule is CCCCCCCOc1ccc(/C(CCC/C(=N\O)c2ccc(OCCCCCCC)cc2)=N/O)cc1. The lowest BCUT2D eigenvalue weighted by Crippen LogP contribution is -2.06. The topological polar surface area (TPSA) is 83.6 Å². The van der Waals surface area contributed by atoms with Gasteiger partial charge in [-0.3, -0.25) is 0 Å². The fraction of sp³-hybridized carbons (Fsp3) is 0.548. The van der Waals surface area contributed by atoms with Crippen molar-refractivity contribution in [2.45, 2.75) is 97.3 Å². The second-order valence-corrected chi connectivity index (χ2v) is 9.52. The van der Waals surface area contributed by atoms with Crippen LogP contribution in [0.2, 0.25) is 0 Å². The monoisotopic (exact) mass is 510 g/mol. The third-order valence-corrected chi connectivity index (χ3v) is 6.48. The van der Waals surface area contributed by atoms with Gasteiger partial charge < -0.3 is 19.9 Å². The zero-order valence-corrected chi connectivity index (χ0v) is 22.8. The molecule has 0 unspecified atom stereocenters. The third-order valence-electron chi connectivity index (χ3n) is 6.48. The highest BCUT2D eigenvalue weighted by Gasteiger charge is 2.09. The fourth-order valence-corrected chi connectivity index (χ4v) is 4.21. The van der Waals surface area contributed by atoms with Gasteiger partial charge >= 0.3 is 0 Å². The first-order chi connectivity index (χ1) is 18.2. The number of benzene rings is 2. The lowest BCUT2D eigenvalue weighted by Gasteiger charge is -2.10. The Hall–Kier alpha value is -3.02. The van der Waals surface area contributed by atoms with E-state index in [-0.39, 0.29) is 0 Å². The van der Waals surface area contributed by atoms with Gasteiger partial charge in [0.15, 0.2) is 0 Å². The first-order valence-corrected chi connectivity index (χ1v) is 14.1. The molecule has 2 rings (SSSR count). The molecule has 0 aliphatic carbocycles. The summed E-state index contributed by atoms with van der Waals surface area (Å²) in [7, 11) is 0. The molecule has 0 atom stereocenters. The molecule has 2 aromatic rings. The number of ether oxygens (including phenoxy) is 2. The predicted octanol–water partition coefficient (Wildman–Crippen LogP) is 8.61. The molecule has 6 heteroatoms. The summed E-state index contributed by atoms with van der Waals surface area (Å²) in [6, 6.07) is 15.4. The van der Waals surface area contributed by atoms with E-state index >= 15 is 0 Å². The van der Waals surface area contributed by atoms with E-state index in [4.69, 9.17) is 9.47 Å². The van der Waals surface area contributed by atoms with Crippen molar-refractivity contribution in [3.63, 3.8) is 0 Å². The molecule has 0 saturated heterocycles. The van der Waals surface area contributed by atoms with Crippen molar-refractivity contribution in [1.82, 2.24) is 0 Å². The van der Waals surface area contributed by atoms with Crippen LogP contribution in [0.15, 0.2) is 58.8 Å². The Bertz CT molecular complexity index is 832. The van der Waals surface area contributed by atoms with Gasteiger partial charge in [-0.25, -0.2) is 0 Å². The molecule has 0 aromatic heterocycles. The average molecular weight is 511 g/mol. The van der Waals surface area contributed by atoms with Crippen molar-refractivity contribution in [2.75, 3.05) is 13.2 Å². The predicted molar refractivity (Wildman–Crippen MR) is 152 cm³/mol. The van der Waals surface area contributed by atoms with Crippen molar-refractivity contribution in [2.24, 2.45) is 10.3 Å². The molecule has 37 heavy (non-hydrogen) atoms. The zero-order chi connectivity index (χ0) is 26.6. The summed E-state index contributed by atoms with van der Waals surface area (Å²) in [5.41, 5.74) is 2.92. The molecule has 0 bridgehead atoms. The molecule has 0 aliphatic rings. The Morgan fingerprint density at radius 1 is 0.541 bits per heavy atom. The van der Waals surface area contributed by atoms with Crippen molar-refractivity contribution >= 4 is 11.4 Å². The van der Waals surface area contributed by atoms with Gasteiger partial charge in [-0.05, 0) is 91.8 Å². The lowest BCUT2D eigenvalue weighted by molar-refractivity contribution is 0.304. The Morgan fingerprint density at radius 2 is 0.919 bits per heavy atom. The molecule has 0 saturated carbocycles. The van der Waals surface area contributed by atoms with Crippen molar-refractivity contribution in [3.05, 3.63) is 59.7 Å². The molecule has 6 nitrogen and oxygen atoms in total. The number of nitrogens with zero attached hydrogens (tertiary/aromatic N) is 2. The van der Waals surface area contributed by atoms with Crippen LogP contribution in [-0.2, 0) is 0 Å². The van der Waals surface area contributed by atoms with E-state index in [1.807, 2.05) is 48.5 Å². The summed E-state index contributed by atoms with van der Waals surface area (Å²) in [5, 5.41) is 26.1. The smallest absolute Gasteiger partial charge is 0.119 e. The largest absolute Gasteiger partial charge is 0.494 e. The van der Waals surface area contributed by atoms with Crippen LogP contribution in [0.4, 0.5) is 0 Å². The van der Waals surface area contributed by atoms with Gasteiger partial charge in [0.25, 0.3) is 0 Å². The van der Waals surface area contributed by atoms with Crippen LogP contribution in [0, 0.1) is 0 Å². The summed E-state index contributed by atoms with van der Waals surface area (Å²) in [6.07, 6.45) is 13.9. The van der Waals surface area contributed by atoms with Gasteiger partial charge in [-0.2, -0.15) is 0 Å².